The first kappa shape index (κ1) is 26.6. The van der Waals surface area contributed by atoms with Gasteiger partial charge in [-0.25, -0.2) is 0 Å². The van der Waals surface area contributed by atoms with Crippen molar-refractivity contribution in [2.45, 2.75) is 116 Å². The van der Waals surface area contributed by atoms with Crippen molar-refractivity contribution in [1.82, 2.24) is 0 Å². The average Bonchev–Trinajstić information content (AvgIpc) is 2.79. The second-order valence-corrected chi connectivity index (χ2v) is 20.9. The molecular formula is C22H44O5Si2. The quantitative estimate of drug-likeness (QED) is 0.260. The van der Waals surface area contributed by atoms with Crippen LogP contribution in [-0.4, -0.2) is 47.2 Å². The van der Waals surface area contributed by atoms with Crippen LogP contribution in [-0.2, 0) is 23.1 Å². The minimum atomic E-state index is -2.07. The first-order valence-corrected chi connectivity index (χ1v) is 16.5. The molecule has 1 aliphatic heterocycles. The molecule has 1 saturated heterocycles. The second kappa shape index (κ2) is 8.95. The van der Waals surface area contributed by atoms with Crippen LogP contribution in [0.5, 0.6) is 0 Å². The molecule has 0 amide bonds. The van der Waals surface area contributed by atoms with Crippen molar-refractivity contribution in [3.05, 3.63) is 12.7 Å². The van der Waals surface area contributed by atoms with Gasteiger partial charge >= 0.3 is 5.97 Å². The predicted molar refractivity (Wildman–Crippen MR) is 124 cm³/mol. The molecule has 0 radical (unpaired) electrons. The molecule has 29 heavy (non-hydrogen) atoms. The summed E-state index contributed by atoms with van der Waals surface area (Å²) in [5.74, 6) is -0.346. The molecule has 0 aliphatic carbocycles. The molecule has 0 N–H and O–H groups in total. The van der Waals surface area contributed by atoms with Gasteiger partial charge in [-0.1, -0.05) is 47.6 Å². The fourth-order valence-corrected chi connectivity index (χ4v) is 5.26. The monoisotopic (exact) mass is 444 g/mol. The number of hydrogen-bond acceptors (Lipinski definition) is 5. The summed E-state index contributed by atoms with van der Waals surface area (Å²) >= 11 is 0. The molecule has 7 heteroatoms. The second-order valence-electron chi connectivity index (χ2n) is 11.4. The molecule has 0 aromatic heterocycles. The topological polar surface area (TPSA) is 54.0 Å². The molecule has 1 aliphatic rings. The van der Waals surface area contributed by atoms with E-state index in [-0.39, 0.29) is 22.1 Å². The number of ether oxygens (including phenoxy) is 2. The van der Waals surface area contributed by atoms with E-state index >= 15 is 0 Å². The Hall–Kier alpha value is -0.476. The third-order valence-corrected chi connectivity index (χ3v) is 15.8. The van der Waals surface area contributed by atoms with E-state index in [0.29, 0.717) is 19.4 Å². The molecule has 170 valence electrons. The molecule has 1 fully saturated rings. The number of carbonyl (C=O) groups is 1. The van der Waals surface area contributed by atoms with Crippen LogP contribution >= 0.6 is 0 Å². The fraction of sp³-hybridized carbons (Fsp3) is 0.864. The van der Waals surface area contributed by atoms with Gasteiger partial charge in [0, 0.05) is 13.3 Å². The lowest BCUT2D eigenvalue weighted by Gasteiger charge is -2.44. The zero-order chi connectivity index (χ0) is 22.9. The Labute approximate surface area is 180 Å². The van der Waals surface area contributed by atoms with Crippen LogP contribution in [0.2, 0.25) is 36.3 Å². The summed E-state index contributed by atoms with van der Waals surface area (Å²) in [7, 11) is -4.06. The molecular weight excluding hydrogens is 400 g/mol. The zero-order valence-electron chi connectivity index (χ0n) is 20.6. The first-order chi connectivity index (χ1) is 12.9. The minimum absolute atomic E-state index is 0.0622. The van der Waals surface area contributed by atoms with Crippen molar-refractivity contribution in [2.75, 3.05) is 6.61 Å². The van der Waals surface area contributed by atoms with Crippen molar-refractivity contribution in [3.8, 4) is 0 Å². The summed E-state index contributed by atoms with van der Waals surface area (Å²) in [6.07, 6.45) is 2.12. The Morgan fingerprint density at radius 3 is 2.03 bits per heavy atom. The smallest absolute Gasteiger partial charge is 0.304 e. The van der Waals surface area contributed by atoms with Crippen LogP contribution < -0.4 is 0 Å². The third kappa shape index (κ3) is 6.50. The summed E-state index contributed by atoms with van der Waals surface area (Å²) in [5, 5.41) is 0.152. The lowest BCUT2D eigenvalue weighted by Crippen LogP contribution is -2.54. The largest absolute Gasteiger partial charge is 0.436 e. The summed E-state index contributed by atoms with van der Waals surface area (Å²) < 4.78 is 25.2. The molecule has 0 aromatic carbocycles. The number of hydrogen-bond donors (Lipinski definition) is 0. The van der Waals surface area contributed by atoms with Crippen LogP contribution in [0.3, 0.4) is 0 Å². The highest BCUT2D eigenvalue weighted by Gasteiger charge is 2.54. The van der Waals surface area contributed by atoms with Gasteiger partial charge in [0.25, 0.3) is 0 Å². The first-order valence-electron chi connectivity index (χ1n) is 10.6. The van der Waals surface area contributed by atoms with Gasteiger partial charge in [-0.05, 0) is 42.7 Å². The Balaban J connectivity index is 3.24. The molecule has 1 rings (SSSR count). The number of esters is 1. The van der Waals surface area contributed by atoms with Crippen molar-refractivity contribution >= 4 is 22.6 Å². The number of rotatable bonds is 8. The molecule has 3 atom stereocenters. The predicted octanol–water partition coefficient (Wildman–Crippen LogP) is 6.02. The van der Waals surface area contributed by atoms with Gasteiger partial charge < -0.3 is 18.3 Å². The zero-order valence-corrected chi connectivity index (χ0v) is 22.6. The summed E-state index contributed by atoms with van der Waals surface area (Å²) in [4.78, 5) is 11.6. The maximum absolute atomic E-state index is 11.6. The highest BCUT2D eigenvalue weighted by molar-refractivity contribution is 6.74. The Morgan fingerprint density at radius 1 is 1.10 bits per heavy atom. The molecule has 5 nitrogen and oxygen atoms in total. The van der Waals surface area contributed by atoms with Crippen molar-refractivity contribution < 1.29 is 23.1 Å². The van der Waals surface area contributed by atoms with E-state index in [2.05, 4.69) is 74.3 Å². The maximum atomic E-state index is 11.6. The highest BCUT2D eigenvalue weighted by Crippen LogP contribution is 2.45. The van der Waals surface area contributed by atoms with Gasteiger partial charge in [0.2, 0.25) is 6.29 Å². The van der Waals surface area contributed by atoms with Gasteiger partial charge in [-0.3, -0.25) is 4.79 Å². The van der Waals surface area contributed by atoms with Crippen LogP contribution in [0.25, 0.3) is 0 Å². The fourth-order valence-electron chi connectivity index (χ4n) is 2.85. The maximum Gasteiger partial charge on any atom is 0.304 e. The lowest BCUT2D eigenvalue weighted by molar-refractivity contribution is -0.193. The summed E-state index contributed by atoms with van der Waals surface area (Å²) in [5.41, 5.74) is -0.701. The normalized spacial score (nSPS) is 26.4. The van der Waals surface area contributed by atoms with E-state index in [1.165, 1.54) is 6.92 Å². The molecule has 1 heterocycles. The van der Waals surface area contributed by atoms with Crippen molar-refractivity contribution in [3.63, 3.8) is 0 Å². The molecule has 0 aromatic rings. The van der Waals surface area contributed by atoms with Gasteiger partial charge in [0.15, 0.2) is 16.6 Å². The van der Waals surface area contributed by atoms with Crippen LogP contribution in [0.15, 0.2) is 12.7 Å². The van der Waals surface area contributed by atoms with Crippen LogP contribution in [0.1, 0.15) is 61.3 Å². The van der Waals surface area contributed by atoms with E-state index in [1.807, 2.05) is 6.08 Å². The Morgan fingerprint density at radius 2 is 1.62 bits per heavy atom. The summed E-state index contributed by atoms with van der Waals surface area (Å²) in [6, 6.07) is 0. The molecule has 0 saturated carbocycles. The summed E-state index contributed by atoms with van der Waals surface area (Å²) in [6.45, 7) is 28.0. The molecule has 0 spiro atoms. The van der Waals surface area contributed by atoms with Crippen molar-refractivity contribution in [1.29, 1.82) is 0 Å². The van der Waals surface area contributed by atoms with Crippen molar-refractivity contribution in [2.24, 2.45) is 0 Å². The molecule has 0 unspecified atom stereocenters. The minimum Gasteiger partial charge on any atom is -0.436 e. The SMILES string of the molecule is C=CC[C@]1(CO[Si](C)(C)C(C)(C)C)O[C@H](OC(C)=O)C[C@H]1O[Si](C)(C)C(C)(C)C. The standard InChI is InChI=1S/C22H44O5Si2/c1-13-14-22(16-24-28(9,10)20(3,4)5)18(15-19(26-22)25-17(2)23)27-29(11,12)21(6,7)8/h13,18-19H,1,14-16H2,2-12H3/t18-,19+,22-/m1/s1. The van der Waals surface area contributed by atoms with E-state index < -0.39 is 28.5 Å². The Bertz CT molecular complexity index is 589. The van der Waals surface area contributed by atoms with Crippen LogP contribution in [0.4, 0.5) is 0 Å². The van der Waals surface area contributed by atoms with Gasteiger partial charge in [0.1, 0.15) is 5.60 Å². The van der Waals surface area contributed by atoms with E-state index in [1.54, 1.807) is 0 Å². The number of carbonyl (C=O) groups excluding carboxylic acids is 1. The van der Waals surface area contributed by atoms with Gasteiger partial charge in [-0.2, -0.15) is 0 Å². The lowest BCUT2D eigenvalue weighted by atomic mass is 9.94. The van der Waals surface area contributed by atoms with Gasteiger partial charge in [0.05, 0.1) is 12.7 Å². The molecule has 0 bridgehead atoms. The van der Waals surface area contributed by atoms with Gasteiger partial charge in [-0.15, -0.1) is 6.58 Å². The Kier molecular flexibility index (Phi) is 8.19. The van der Waals surface area contributed by atoms with E-state index in [0.717, 1.165) is 0 Å². The average molecular weight is 445 g/mol. The highest BCUT2D eigenvalue weighted by atomic mass is 28.4. The van der Waals surface area contributed by atoms with E-state index in [4.69, 9.17) is 18.3 Å². The third-order valence-electron chi connectivity index (χ3n) is 6.87. The van der Waals surface area contributed by atoms with E-state index in [9.17, 15) is 4.79 Å². The van der Waals surface area contributed by atoms with Crippen LogP contribution in [0, 0.1) is 0 Å².